The van der Waals surface area contributed by atoms with Gasteiger partial charge in [0.25, 0.3) is 5.56 Å². The second-order valence-electron chi connectivity index (χ2n) is 5.75. The minimum atomic E-state index is -4.48. The van der Waals surface area contributed by atoms with Crippen molar-refractivity contribution in [3.05, 3.63) is 50.6 Å². The number of nitrogens with zero attached hydrogens (tertiary/aromatic N) is 1. The molecule has 0 bridgehead atoms. The van der Waals surface area contributed by atoms with Gasteiger partial charge in [0.15, 0.2) is 5.16 Å². The van der Waals surface area contributed by atoms with E-state index in [4.69, 9.17) is 0 Å². The van der Waals surface area contributed by atoms with E-state index in [2.05, 4.69) is 15.3 Å². The minimum Gasteiger partial charge on any atom is -0.325 e. The fraction of sp³-hybridized carbons (Fsp3) is 0.235. The summed E-state index contributed by atoms with van der Waals surface area (Å²) >= 11 is 2.40. The fourth-order valence-electron chi connectivity index (χ4n) is 2.41. The average molecular weight is 413 g/mol. The van der Waals surface area contributed by atoms with Crippen LogP contribution in [-0.2, 0) is 11.0 Å². The lowest BCUT2D eigenvalue weighted by molar-refractivity contribution is -0.137. The average Bonchev–Trinajstić information content (AvgIpc) is 2.87. The van der Waals surface area contributed by atoms with Crippen molar-refractivity contribution < 1.29 is 18.0 Å². The van der Waals surface area contributed by atoms with Crippen LogP contribution in [0.3, 0.4) is 0 Å². The van der Waals surface area contributed by atoms with Crippen LogP contribution < -0.4 is 10.9 Å². The summed E-state index contributed by atoms with van der Waals surface area (Å²) in [5.74, 6) is -0.603. The molecule has 142 valence electrons. The number of aryl methyl sites for hydroxylation is 2. The van der Waals surface area contributed by atoms with E-state index in [0.717, 1.165) is 34.3 Å². The Morgan fingerprint density at radius 1 is 1.33 bits per heavy atom. The van der Waals surface area contributed by atoms with Gasteiger partial charge in [0, 0.05) is 10.6 Å². The molecule has 2 heterocycles. The molecule has 0 saturated carbocycles. The summed E-state index contributed by atoms with van der Waals surface area (Å²) in [5, 5.41) is 3.24. The van der Waals surface area contributed by atoms with Crippen LogP contribution in [0.4, 0.5) is 18.9 Å². The molecule has 0 aliphatic heterocycles. The number of thioether (sulfide) groups is 1. The Hall–Kier alpha value is -2.33. The number of aromatic amines is 1. The maximum Gasteiger partial charge on any atom is 0.416 e. The van der Waals surface area contributed by atoms with Gasteiger partial charge in [-0.05, 0) is 37.6 Å². The summed E-state index contributed by atoms with van der Waals surface area (Å²) in [4.78, 5) is 32.8. The molecule has 0 saturated heterocycles. The number of H-pyrrole nitrogens is 1. The molecule has 0 radical (unpaired) electrons. The Labute approximate surface area is 160 Å². The summed E-state index contributed by atoms with van der Waals surface area (Å²) in [6.45, 7) is 3.75. The zero-order valence-corrected chi connectivity index (χ0v) is 15.9. The van der Waals surface area contributed by atoms with Gasteiger partial charge < -0.3 is 10.3 Å². The van der Waals surface area contributed by atoms with Crippen LogP contribution in [0.2, 0.25) is 0 Å². The van der Waals surface area contributed by atoms with Crippen molar-refractivity contribution in [1.82, 2.24) is 9.97 Å². The number of carbonyl (C=O) groups excluding carboxylic acids is 1. The molecular weight excluding hydrogens is 399 g/mol. The van der Waals surface area contributed by atoms with Gasteiger partial charge in [-0.3, -0.25) is 9.59 Å². The highest BCUT2D eigenvalue weighted by Crippen LogP contribution is 2.31. The Balaban J connectivity index is 1.69. The molecule has 3 aromatic rings. The lowest BCUT2D eigenvalue weighted by Crippen LogP contribution is -2.16. The molecule has 10 heteroatoms. The number of anilines is 1. The van der Waals surface area contributed by atoms with Crippen LogP contribution in [0, 0.1) is 13.8 Å². The Kier molecular flexibility index (Phi) is 5.29. The van der Waals surface area contributed by atoms with Gasteiger partial charge in [0.1, 0.15) is 4.83 Å². The van der Waals surface area contributed by atoms with E-state index in [0.29, 0.717) is 10.2 Å². The third kappa shape index (κ3) is 4.33. The van der Waals surface area contributed by atoms with Gasteiger partial charge in [-0.1, -0.05) is 17.8 Å². The van der Waals surface area contributed by atoms with E-state index in [-0.39, 0.29) is 22.2 Å². The number of aromatic nitrogens is 2. The van der Waals surface area contributed by atoms with Gasteiger partial charge >= 0.3 is 6.18 Å². The number of hydrogen-bond donors (Lipinski definition) is 2. The summed E-state index contributed by atoms with van der Waals surface area (Å²) < 4.78 is 38.1. The largest absolute Gasteiger partial charge is 0.416 e. The van der Waals surface area contributed by atoms with E-state index >= 15 is 0 Å². The molecule has 0 atom stereocenters. The zero-order valence-electron chi connectivity index (χ0n) is 14.2. The van der Waals surface area contributed by atoms with Gasteiger partial charge in [-0.15, -0.1) is 11.3 Å². The predicted octanol–water partition coefficient (Wildman–Crippen LogP) is 4.35. The zero-order chi connectivity index (χ0) is 19.8. The van der Waals surface area contributed by atoms with E-state index < -0.39 is 17.6 Å². The first-order valence-electron chi connectivity index (χ1n) is 7.75. The van der Waals surface area contributed by atoms with Gasteiger partial charge in [-0.25, -0.2) is 4.98 Å². The molecule has 2 aromatic heterocycles. The highest BCUT2D eigenvalue weighted by molar-refractivity contribution is 7.99. The molecule has 3 rings (SSSR count). The standard InChI is InChI=1S/C17H14F3N3O2S2/c1-8-9(2)27-15-13(8)14(25)22-16(23-15)26-7-12(24)21-11-5-3-4-10(6-11)17(18,19)20/h3-6H,7H2,1-2H3,(H,21,24)(H,22,23,25). The number of carbonyl (C=O) groups is 1. The molecule has 0 aliphatic rings. The molecule has 0 aliphatic carbocycles. The molecule has 27 heavy (non-hydrogen) atoms. The van der Waals surface area contributed by atoms with Crippen LogP contribution in [0.1, 0.15) is 16.0 Å². The summed E-state index contributed by atoms with van der Waals surface area (Å²) in [7, 11) is 0. The topological polar surface area (TPSA) is 74.8 Å². The normalized spacial score (nSPS) is 11.7. The van der Waals surface area contributed by atoms with Gasteiger partial charge in [0.05, 0.1) is 16.7 Å². The summed E-state index contributed by atoms with van der Waals surface area (Å²) in [6.07, 6.45) is -4.48. The van der Waals surface area contributed by atoms with E-state index in [1.165, 1.54) is 23.5 Å². The van der Waals surface area contributed by atoms with Crippen molar-refractivity contribution >= 4 is 44.9 Å². The molecule has 1 amide bonds. The van der Waals surface area contributed by atoms with Crippen LogP contribution >= 0.6 is 23.1 Å². The summed E-state index contributed by atoms with van der Waals surface area (Å²) in [6, 6.07) is 4.40. The molecule has 5 nitrogen and oxygen atoms in total. The molecule has 0 spiro atoms. The minimum absolute atomic E-state index is 0.0526. The molecule has 2 N–H and O–H groups in total. The van der Waals surface area contributed by atoms with Crippen LogP contribution in [0.25, 0.3) is 10.2 Å². The quantitative estimate of drug-likeness (QED) is 0.493. The van der Waals surface area contributed by atoms with Crippen LogP contribution in [0.5, 0.6) is 0 Å². The highest BCUT2D eigenvalue weighted by atomic mass is 32.2. The molecule has 0 fully saturated rings. The van der Waals surface area contributed by atoms with Crippen molar-refractivity contribution in [3.63, 3.8) is 0 Å². The van der Waals surface area contributed by atoms with E-state index in [1.54, 1.807) is 0 Å². The second-order valence-corrected chi connectivity index (χ2v) is 7.92. The van der Waals surface area contributed by atoms with Crippen molar-refractivity contribution in [3.8, 4) is 0 Å². The van der Waals surface area contributed by atoms with E-state index in [1.807, 2.05) is 13.8 Å². The Bertz CT molecular complexity index is 1070. The SMILES string of the molecule is Cc1sc2nc(SCC(=O)Nc3cccc(C(F)(F)F)c3)[nH]c(=O)c2c1C. The summed E-state index contributed by atoms with van der Waals surface area (Å²) in [5.41, 5.74) is -0.185. The number of rotatable bonds is 4. The number of benzene rings is 1. The fourth-order valence-corrected chi connectivity index (χ4v) is 4.16. The van der Waals surface area contributed by atoms with Crippen LogP contribution in [-0.4, -0.2) is 21.6 Å². The Morgan fingerprint density at radius 2 is 2.07 bits per heavy atom. The number of fused-ring (bicyclic) bond motifs is 1. The number of nitrogens with one attached hydrogen (secondary N) is 2. The first-order valence-corrected chi connectivity index (χ1v) is 9.55. The number of hydrogen-bond acceptors (Lipinski definition) is 5. The van der Waals surface area contributed by atoms with E-state index in [9.17, 15) is 22.8 Å². The van der Waals surface area contributed by atoms with Gasteiger partial charge in [-0.2, -0.15) is 13.2 Å². The predicted molar refractivity (Wildman–Crippen MR) is 101 cm³/mol. The van der Waals surface area contributed by atoms with Crippen molar-refractivity contribution in [2.75, 3.05) is 11.1 Å². The molecular formula is C17H14F3N3O2S2. The monoisotopic (exact) mass is 413 g/mol. The number of alkyl halides is 3. The van der Waals surface area contributed by atoms with Gasteiger partial charge in [0.2, 0.25) is 5.91 Å². The lowest BCUT2D eigenvalue weighted by Gasteiger charge is -2.09. The lowest BCUT2D eigenvalue weighted by atomic mass is 10.2. The van der Waals surface area contributed by atoms with Crippen molar-refractivity contribution in [2.24, 2.45) is 0 Å². The third-order valence-electron chi connectivity index (χ3n) is 3.83. The number of halogens is 3. The first-order chi connectivity index (χ1) is 12.6. The molecule has 1 aromatic carbocycles. The smallest absolute Gasteiger partial charge is 0.325 e. The number of amides is 1. The second kappa shape index (κ2) is 7.35. The molecule has 0 unspecified atom stereocenters. The highest BCUT2D eigenvalue weighted by Gasteiger charge is 2.30. The van der Waals surface area contributed by atoms with Crippen molar-refractivity contribution in [1.29, 1.82) is 0 Å². The maximum absolute atomic E-state index is 12.7. The number of thiophene rings is 1. The first kappa shape index (κ1) is 19.4. The maximum atomic E-state index is 12.7. The van der Waals surface area contributed by atoms with Crippen LogP contribution in [0.15, 0.2) is 34.2 Å². The Morgan fingerprint density at radius 3 is 2.78 bits per heavy atom. The van der Waals surface area contributed by atoms with Crippen molar-refractivity contribution in [2.45, 2.75) is 25.2 Å². The third-order valence-corrected chi connectivity index (χ3v) is 5.81.